The maximum Gasteiger partial charge on any atom is 0.283 e. The maximum atomic E-state index is 12.5. The van der Waals surface area contributed by atoms with E-state index in [1.54, 1.807) is 24.3 Å². The van der Waals surface area contributed by atoms with E-state index in [2.05, 4.69) is 10.5 Å². The van der Waals surface area contributed by atoms with Crippen molar-refractivity contribution in [1.82, 2.24) is 5.43 Å². The molecule has 0 aliphatic rings. The van der Waals surface area contributed by atoms with Crippen molar-refractivity contribution < 1.29 is 14.8 Å². The van der Waals surface area contributed by atoms with Crippen molar-refractivity contribution in [2.24, 2.45) is 5.10 Å². The van der Waals surface area contributed by atoms with E-state index in [1.165, 1.54) is 41.8 Å². The van der Waals surface area contributed by atoms with Crippen molar-refractivity contribution in [3.05, 3.63) is 79.1 Å². The molecule has 0 atom stereocenters. The number of fused-ring (bicyclic) bond motifs is 2. The first-order valence-electron chi connectivity index (χ1n) is 8.46. The van der Waals surface area contributed by atoms with Crippen LogP contribution in [-0.4, -0.2) is 22.2 Å². The summed E-state index contributed by atoms with van der Waals surface area (Å²) in [4.78, 5) is 23.2. The van der Waals surface area contributed by atoms with Crippen LogP contribution in [0.2, 0.25) is 10.0 Å². The number of aromatic hydroxyl groups is 1. The molecule has 0 spiro atoms. The van der Waals surface area contributed by atoms with E-state index in [0.717, 1.165) is 4.70 Å². The molecule has 0 fully saturated rings. The van der Waals surface area contributed by atoms with Gasteiger partial charge in [0.2, 0.25) is 0 Å². The number of benzene rings is 3. The number of amides is 1. The number of hydrazone groups is 1. The van der Waals surface area contributed by atoms with Crippen molar-refractivity contribution in [2.45, 2.75) is 0 Å². The van der Waals surface area contributed by atoms with Crippen LogP contribution >= 0.6 is 34.5 Å². The third-order valence-corrected chi connectivity index (χ3v) is 6.28. The minimum absolute atomic E-state index is 0.0658. The van der Waals surface area contributed by atoms with Crippen LogP contribution in [0.4, 0.5) is 5.69 Å². The highest BCUT2D eigenvalue weighted by Gasteiger charge is 2.17. The van der Waals surface area contributed by atoms with Gasteiger partial charge in [-0.25, -0.2) is 5.43 Å². The fraction of sp³-hybridized carbons (Fsp3) is 0. The Kier molecular flexibility index (Phi) is 5.29. The Bertz CT molecular complexity index is 1370. The fourth-order valence-electron chi connectivity index (χ4n) is 2.97. The minimum Gasteiger partial charge on any atom is -0.507 e. The van der Waals surface area contributed by atoms with Gasteiger partial charge in [0.1, 0.15) is 10.6 Å². The number of nitro groups is 1. The Morgan fingerprint density at radius 1 is 1.13 bits per heavy atom. The third-order valence-electron chi connectivity index (χ3n) is 4.39. The summed E-state index contributed by atoms with van der Waals surface area (Å²) >= 11 is 13.5. The first-order chi connectivity index (χ1) is 14.3. The Labute approximate surface area is 183 Å². The highest BCUT2D eigenvalue weighted by atomic mass is 35.5. The van der Waals surface area contributed by atoms with Crippen molar-refractivity contribution in [3.63, 3.8) is 0 Å². The summed E-state index contributed by atoms with van der Waals surface area (Å²) in [5.74, 6) is -0.590. The van der Waals surface area contributed by atoms with Crippen LogP contribution in [0.15, 0.2) is 53.6 Å². The Balaban J connectivity index is 1.62. The molecule has 30 heavy (non-hydrogen) atoms. The molecular formula is C20H11Cl2N3O4S. The van der Waals surface area contributed by atoms with E-state index in [-0.39, 0.29) is 16.3 Å². The Morgan fingerprint density at radius 3 is 2.67 bits per heavy atom. The van der Waals surface area contributed by atoms with Gasteiger partial charge in [-0.3, -0.25) is 14.9 Å². The van der Waals surface area contributed by atoms with Gasteiger partial charge >= 0.3 is 0 Å². The number of nitro benzene ring substituents is 1. The largest absolute Gasteiger partial charge is 0.507 e. The van der Waals surface area contributed by atoms with Gasteiger partial charge in [0.15, 0.2) is 0 Å². The summed E-state index contributed by atoms with van der Waals surface area (Å²) in [6, 6.07) is 12.4. The number of thiophene rings is 1. The zero-order valence-electron chi connectivity index (χ0n) is 14.9. The topological polar surface area (TPSA) is 105 Å². The predicted molar refractivity (Wildman–Crippen MR) is 119 cm³/mol. The summed E-state index contributed by atoms with van der Waals surface area (Å²) < 4.78 is 0.773. The molecule has 1 aromatic heterocycles. The number of rotatable bonds is 4. The highest BCUT2D eigenvalue weighted by molar-refractivity contribution is 7.21. The van der Waals surface area contributed by atoms with Gasteiger partial charge in [0, 0.05) is 32.8 Å². The first-order valence-corrected chi connectivity index (χ1v) is 10.0. The van der Waals surface area contributed by atoms with Crippen LogP contribution in [0, 0.1) is 10.1 Å². The third kappa shape index (κ3) is 3.68. The Hall–Kier alpha value is -3.20. The van der Waals surface area contributed by atoms with Crippen molar-refractivity contribution in [3.8, 4) is 5.75 Å². The molecule has 7 nitrogen and oxygen atoms in total. The van der Waals surface area contributed by atoms with Gasteiger partial charge < -0.3 is 5.11 Å². The number of carbonyl (C=O) groups is 1. The molecule has 1 heterocycles. The number of hydrogen-bond acceptors (Lipinski definition) is 6. The minimum atomic E-state index is -0.510. The predicted octanol–water partition coefficient (Wildman–Crippen LogP) is 5.74. The second-order valence-electron chi connectivity index (χ2n) is 6.25. The normalized spacial score (nSPS) is 11.4. The number of hydrogen-bond donors (Lipinski definition) is 2. The average molecular weight is 460 g/mol. The molecule has 0 bridgehead atoms. The number of non-ortho nitro benzene ring substituents is 1. The van der Waals surface area contributed by atoms with Gasteiger partial charge in [-0.1, -0.05) is 35.3 Å². The number of nitrogens with zero attached hydrogens (tertiary/aromatic N) is 2. The van der Waals surface area contributed by atoms with E-state index in [0.29, 0.717) is 31.8 Å². The smallest absolute Gasteiger partial charge is 0.283 e. The lowest BCUT2D eigenvalue weighted by molar-refractivity contribution is -0.384. The SMILES string of the molecule is O=C(NN=Cc1c(O)ccc2cc([N+](=O)[O-])ccc12)c1sc2cc(Cl)ccc2c1Cl. The van der Waals surface area contributed by atoms with Crippen LogP contribution in [0.3, 0.4) is 0 Å². The number of phenols is 1. The summed E-state index contributed by atoms with van der Waals surface area (Å²) in [5.41, 5.74) is 2.64. The molecule has 3 aromatic carbocycles. The molecule has 0 aliphatic carbocycles. The quantitative estimate of drug-likeness (QED) is 0.230. The zero-order chi connectivity index (χ0) is 21.4. The lowest BCUT2D eigenvalue weighted by Gasteiger charge is -2.05. The molecule has 2 N–H and O–H groups in total. The molecule has 0 saturated carbocycles. The van der Waals surface area contributed by atoms with Gasteiger partial charge in [-0.2, -0.15) is 5.10 Å². The van der Waals surface area contributed by atoms with Crippen molar-refractivity contribution >= 4 is 73.2 Å². The van der Waals surface area contributed by atoms with Gasteiger partial charge in [-0.15, -0.1) is 11.3 Å². The zero-order valence-corrected chi connectivity index (χ0v) is 17.3. The van der Waals surface area contributed by atoms with E-state index in [1.807, 2.05) is 0 Å². The molecule has 10 heteroatoms. The Morgan fingerprint density at radius 2 is 1.90 bits per heavy atom. The molecular weight excluding hydrogens is 449 g/mol. The van der Waals surface area contributed by atoms with E-state index < -0.39 is 10.8 Å². The molecule has 0 aliphatic heterocycles. The molecule has 0 unspecified atom stereocenters. The molecule has 1 amide bonds. The van der Waals surface area contributed by atoms with Crippen LogP contribution in [0.5, 0.6) is 5.75 Å². The monoisotopic (exact) mass is 459 g/mol. The fourth-order valence-corrected chi connectivity index (χ4v) is 4.65. The number of carbonyl (C=O) groups excluding carboxylic acids is 1. The first kappa shape index (κ1) is 20.1. The lowest BCUT2D eigenvalue weighted by atomic mass is 10.0. The molecule has 150 valence electrons. The van der Waals surface area contributed by atoms with Crippen LogP contribution < -0.4 is 5.43 Å². The van der Waals surface area contributed by atoms with Crippen molar-refractivity contribution in [1.29, 1.82) is 0 Å². The van der Waals surface area contributed by atoms with Gasteiger partial charge in [-0.05, 0) is 35.0 Å². The molecule has 0 saturated heterocycles. The maximum absolute atomic E-state index is 12.5. The number of phenolic OH excluding ortho intramolecular Hbond substituents is 1. The molecule has 0 radical (unpaired) electrons. The number of nitrogens with one attached hydrogen (secondary N) is 1. The second kappa shape index (κ2) is 7.91. The summed E-state index contributed by atoms with van der Waals surface area (Å²) in [6.45, 7) is 0. The van der Waals surface area contributed by atoms with E-state index in [4.69, 9.17) is 23.2 Å². The average Bonchev–Trinajstić information content (AvgIpc) is 3.04. The summed E-state index contributed by atoms with van der Waals surface area (Å²) in [5, 5.41) is 27.7. The highest BCUT2D eigenvalue weighted by Crippen LogP contribution is 2.36. The second-order valence-corrected chi connectivity index (χ2v) is 8.11. The van der Waals surface area contributed by atoms with Crippen LogP contribution in [-0.2, 0) is 0 Å². The summed E-state index contributed by atoms with van der Waals surface area (Å²) in [6.07, 6.45) is 1.28. The van der Waals surface area contributed by atoms with Gasteiger partial charge in [0.25, 0.3) is 11.6 Å². The van der Waals surface area contributed by atoms with Crippen LogP contribution in [0.1, 0.15) is 15.2 Å². The summed E-state index contributed by atoms with van der Waals surface area (Å²) in [7, 11) is 0. The van der Waals surface area contributed by atoms with E-state index in [9.17, 15) is 20.0 Å². The standard InChI is InChI=1S/C20H11Cl2N3O4S/c21-11-2-4-14-17(8-11)30-19(18(14)22)20(27)24-23-9-15-13-5-3-12(25(28)29)7-10(13)1-6-16(15)26/h1-9,26H,(H,24,27). The van der Waals surface area contributed by atoms with E-state index >= 15 is 0 Å². The van der Waals surface area contributed by atoms with Crippen LogP contribution in [0.25, 0.3) is 20.9 Å². The molecule has 4 aromatic rings. The molecule has 4 rings (SSSR count). The van der Waals surface area contributed by atoms with Crippen molar-refractivity contribution in [2.75, 3.05) is 0 Å². The number of halogens is 2. The van der Waals surface area contributed by atoms with Gasteiger partial charge in [0.05, 0.1) is 16.2 Å². The lowest BCUT2D eigenvalue weighted by Crippen LogP contribution is -2.16.